The quantitative estimate of drug-likeness (QED) is 0.762. The van der Waals surface area contributed by atoms with Crippen molar-refractivity contribution in [3.8, 4) is 0 Å². The number of amides is 2. The lowest BCUT2D eigenvalue weighted by Gasteiger charge is -2.32. The summed E-state index contributed by atoms with van der Waals surface area (Å²) in [5.41, 5.74) is 2.48. The van der Waals surface area contributed by atoms with Gasteiger partial charge in [-0.15, -0.1) is 0 Å². The van der Waals surface area contributed by atoms with Crippen LogP contribution in [0.3, 0.4) is 0 Å². The summed E-state index contributed by atoms with van der Waals surface area (Å²) in [7, 11) is 5.27. The van der Waals surface area contributed by atoms with E-state index >= 15 is 0 Å². The summed E-state index contributed by atoms with van der Waals surface area (Å²) >= 11 is 0. The molecule has 1 saturated heterocycles. The third-order valence-corrected chi connectivity index (χ3v) is 5.66. The van der Waals surface area contributed by atoms with Crippen molar-refractivity contribution in [3.63, 3.8) is 0 Å². The molecule has 0 aliphatic carbocycles. The molecule has 2 aromatic rings. The second-order valence-corrected chi connectivity index (χ2v) is 8.21. The molecule has 2 amide bonds. The second-order valence-electron chi connectivity index (χ2n) is 8.21. The van der Waals surface area contributed by atoms with Gasteiger partial charge in [-0.25, -0.2) is 0 Å². The molecular formula is C24H31N3O3. The third kappa shape index (κ3) is 5.46. The number of aliphatic hydroxyl groups is 1. The maximum atomic E-state index is 13.1. The van der Waals surface area contributed by atoms with Crippen molar-refractivity contribution >= 4 is 11.8 Å². The normalized spacial score (nSPS) is 17.5. The number of rotatable bonds is 7. The number of β-amino-alcohol motifs (C(OH)–C–C–N with tert-alkyl or cyclic N) is 1. The Hall–Kier alpha value is -2.70. The van der Waals surface area contributed by atoms with E-state index in [4.69, 9.17) is 0 Å². The third-order valence-electron chi connectivity index (χ3n) is 5.66. The number of nitrogens with zero attached hydrogens (tertiary/aromatic N) is 3. The number of hydrogen-bond acceptors (Lipinski definition) is 4. The molecule has 0 radical (unpaired) electrons. The molecule has 2 unspecified atom stereocenters. The predicted molar refractivity (Wildman–Crippen MR) is 117 cm³/mol. The van der Waals surface area contributed by atoms with Crippen LogP contribution in [0.2, 0.25) is 0 Å². The van der Waals surface area contributed by atoms with Crippen molar-refractivity contribution in [2.24, 2.45) is 0 Å². The van der Waals surface area contributed by atoms with Crippen molar-refractivity contribution in [2.75, 3.05) is 40.8 Å². The Morgan fingerprint density at radius 1 is 1.10 bits per heavy atom. The van der Waals surface area contributed by atoms with Crippen molar-refractivity contribution in [1.29, 1.82) is 0 Å². The van der Waals surface area contributed by atoms with Gasteiger partial charge >= 0.3 is 0 Å². The first-order valence-electron chi connectivity index (χ1n) is 10.4. The molecular weight excluding hydrogens is 378 g/mol. The maximum absolute atomic E-state index is 13.1. The van der Waals surface area contributed by atoms with Crippen LogP contribution in [0.15, 0.2) is 54.6 Å². The summed E-state index contributed by atoms with van der Waals surface area (Å²) in [4.78, 5) is 30.9. The highest BCUT2D eigenvalue weighted by Gasteiger charge is 2.28. The molecule has 160 valence electrons. The van der Waals surface area contributed by atoms with Crippen LogP contribution in [-0.2, 0) is 11.2 Å². The molecule has 0 aromatic heterocycles. The number of carbonyl (C=O) groups is 2. The molecule has 1 aliphatic rings. The number of aliphatic hydroxyl groups excluding tert-OH is 1. The zero-order chi connectivity index (χ0) is 21.7. The van der Waals surface area contributed by atoms with Crippen molar-refractivity contribution in [3.05, 3.63) is 71.3 Å². The largest absolute Gasteiger partial charge is 0.392 e. The molecule has 2 aromatic carbocycles. The highest BCUT2D eigenvalue weighted by Crippen LogP contribution is 2.24. The fourth-order valence-corrected chi connectivity index (χ4v) is 3.89. The number of hydrogen-bond donors (Lipinski definition) is 1. The highest BCUT2D eigenvalue weighted by molar-refractivity contribution is 5.94. The lowest BCUT2D eigenvalue weighted by atomic mass is 10.0. The summed E-state index contributed by atoms with van der Waals surface area (Å²) < 4.78 is 0. The number of likely N-dealkylation sites (tertiary alicyclic amines) is 1. The van der Waals surface area contributed by atoms with Crippen LogP contribution in [-0.4, -0.2) is 78.5 Å². The fourth-order valence-electron chi connectivity index (χ4n) is 3.89. The van der Waals surface area contributed by atoms with E-state index in [0.29, 0.717) is 18.7 Å². The number of carbonyl (C=O) groups excluding carboxylic acids is 2. The molecule has 1 fully saturated rings. The van der Waals surface area contributed by atoms with E-state index in [0.717, 1.165) is 24.1 Å². The number of likely N-dealkylation sites (N-methyl/N-ethyl adjacent to an activating group) is 1. The molecule has 30 heavy (non-hydrogen) atoms. The smallest absolute Gasteiger partial charge is 0.253 e. The Morgan fingerprint density at radius 2 is 1.83 bits per heavy atom. The van der Waals surface area contributed by atoms with Crippen LogP contribution in [0, 0.1) is 0 Å². The molecule has 1 heterocycles. The minimum atomic E-state index is -0.292. The van der Waals surface area contributed by atoms with Crippen molar-refractivity contribution in [1.82, 2.24) is 14.7 Å². The second kappa shape index (κ2) is 9.87. The van der Waals surface area contributed by atoms with Crippen LogP contribution in [0.4, 0.5) is 0 Å². The van der Waals surface area contributed by atoms with Crippen molar-refractivity contribution < 1.29 is 14.7 Å². The van der Waals surface area contributed by atoms with Gasteiger partial charge in [0, 0.05) is 46.3 Å². The van der Waals surface area contributed by atoms with Crippen LogP contribution >= 0.6 is 0 Å². The zero-order valence-corrected chi connectivity index (χ0v) is 18.0. The van der Waals surface area contributed by atoms with Gasteiger partial charge in [-0.05, 0) is 29.7 Å². The first kappa shape index (κ1) is 22.0. The van der Waals surface area contributed by atoms with Crippen LogP contribution in [0.25, 0.3) is 0 Å². The van der Waals surface area contributed by atoms with Crippen molar-refractivity contribution in [2.45, 2.75) is 25.0 Å². The minimum Gasteiger partial charge on any atom is -0.392 e. The highest BCUT2D eigenvalue weighted by atomic mass is 16.3. The summed E-state index contributed by atoms with van der Waals surface area (Å²) in [5.74, 6) is -0.0783. The van der Waals surface area contributed by atoms with Gasteiger partial charge in [-0.1, -0.05) is 42.5 Å². The monoisotopic (exact) mass is 409 g/mol. The molecule has 6 nitrogen and oxygen atoms in total. The summed E-state index contributed by atoms with van der Waals surface area (Å²) in [6.45, 7) is 2.16. The lowest BCUT2D eigenvalue weighted by molar-refractivity contribution is -0.131. The number of benzene rings is 2. The minimum absolute atomic E-state index is 0.00181. The molecule has 0 saturated carbocycles. The Morgan fingerprint density at radius 3 is 2.47 bits per heavy atom. The SMILES string of the molecule is CN(C)C(=O)c1cccc(CC(=O)N(C)C(CN2CCC(O)C2)c2ccccc2)c1. The Labute approximate surface area is 178 Å². The summed E-state index contributed by atoms with van der Waals surface area (Å²) in [6, 6.07) is 17.2. The van der Waals surface area contributed by atoms with E-state index in [9.17, 15) is 14.7 Å². The van der Waals surface area contributed by atoms with Gasteiger partial charge < -0.3 is 14.9 Å². The molecule has 0 spiro atoms. The maximum Gasteiger partial charge on any atom is 0.253 e. The average Bonchev–Trinajstić information content (AvgIpc) is 3.16. The summed E-state index contributed by atoms with van der Waals surface area (Å²) in [5, 5.41) is 9.88. The van der Waals surface area contributed by atoms with E-state index in [1.54, 1.807) is 31.1 Å². The van der Waals surface area contributed by atoms with Gasteiger partial charge in [0.1, 0.15) is 0 Å². The lowest BCUT2D eigenvalue weighted by Crippen LogP contribution is -2.39. The zero-order valence-electron chi connectivity index (χ0n) is 18.0. The van der Waals surface area contributed by atoms with Gasteiger partial charge in [0.2, 0.25) is 5.91 Å². The molecule has 1 aliphatic heterocycles. The molecule has 0 bridgehead atoms. The predicted octanol–water partition coefficient (Wildman–Crippen LogP) is 2.20. The van der Waals surface area contributed by atoms with Crippen LogP contribution in [0.1, 0.15) is 33.9 Å². The Bertz CT molecular complexity index is 869. The van der Waals surface area contributed by atoms with Gasteiger partial charge in [0.25, 0.3) is 5.91 Å². The van der Waals surface area contributed by atoms with Gasteiger partial charge in [0.15, 0.2) is 0 Å². The van der Waals surface area contributed by atoms with E-state index in [1.807, 2.05) is 49.5 Å². The average molecular weight is 410 g/mol. The molecule has 1 N–H and O–H groups in total. The first-order chi connectivity index (χ1) is 14.3. The van der Waals surface area contributed by atoms with E-state index in [2.05, 4.69) is 4.90 Å². The van der Waals surface area contributed by atoms with Gasteiger partial charge in [-0.2, -0.15) is 0 Å². The molecule has 2 atom stereocenters. The van der Waals surface area contributed by atoms with E-state index in [1.165, 1.54) is 4.90 Å². The fraction of sp³-hybridized carbons (Fsp3) is 0.417. The Balaban J connectivity index is 1.75. The molecule has 6 heteroatoms. The van der Waals surface area contributed by atoms with Crippen LogP contribution < -0.4 is 0 Å². The Kier molecular flexibility index (Phi) is 7.24. The van der Waals surface area contributed by atoms with Crippen LogP contribution in [0.5, 0.6) is 0 Å². The van der Waals surface area contributed by atoms with E-state index < -0.39 is 0 Å². The first-order valence-corrected chi connectivity index (χ1v) is 10.4. The summed E-state index contributed by atoms with van der Waals surface area (Å²) in [6.07, 6.45) is 0.711. The van der Waals surface area contributed by atoms with Gasteiger partial charge in [-0.3, -0.25) is 14.5 Å². The topological polar surface area (TPSA) is 64.1 Å². The molecule has 3 rings (SSSR count). The van der Waals surface area contributed by atoms with E-state index in [-0.39, 0.29) is 30.4 Å². The van der Waals surface area contributed by atoms with Gasteiger partial charge in [0.05, 0.1) is 18.6 Å². The standard InChI is InChI=1S/C24H31N3O3/c1-25(2)24(30)20-11-7-8-18(14-20)15-23(29)26(3)22(19-9-5-4-6-10-19)17-27-13-12-21(28)16-27/h4-11,14,21-22,28H,12-13,15-17H2,1-3H3.